The first-order chi connectivity index (χ1) is 14.3. The molecule has 1 aliphatic carbocycles. The van der Waals surface area contributed by atoms with Crippen LogP contribution >= 0.6 is 0 Å². The highest BCUT2D eigenvalue weighted by Crippen LogP contribution is 2.30. The van der Waals surface area contributed by atoms with Gasteiger partial charge in [-0.25, -0.2) is 8.42 Å². The summed E-state index contributed by atoms with van der Waals surface area (Å²) >= 11 is 0. The van der Waals surface area contributed by atoms with E-state index in [1.807, 2.05) is 0 Å². The normalized spacial score (nSPS) is 23.9. The average Bonchev–Trinajstić information content (AvgIpc) is 3.38. The molecule has 166 valence electrons. The summed E-state index contributed by atoms with van der Waals surface area (Å²) in [6.07, 6.45) is 4.01. The predicted octanol–water partition coefficient (Wildman–Crippen LogP) is 1.07. The Morgan fingerprint density at radius 1 is 1.17 bits per heavy atom. The van der Waals surface area contributed by atoms with Crippen molar-refractivity contribution in [3.8, 4) is 0 Å². The third-order valence-corrected chi connectivity index (χ3v) is 8.61. The van der Waals surface area contributed by atoms with Gasteiger partial charge in [0.15, 0.2) is 5.76 Å². The van der Waals surface area contributed by atoms with Crippen molar-refractivity contribution >= 4 is 21.8 Å². The maximum absolute atomic E-state index is 12.9. The fourth-order valence-electron chi connectivity index (χ4n) is 4.45. The van der Waals surface area contributed by atoms with Gasteiger partial charge >= 0.3 is 0 Å². The van der Waals surface area contributed by atoms with Crippen LogP contribution in [-0.4, -0.2) is 67.3 Å². The molecular weight excluding hydrogens is 408 g/mol. The molecule has 30 heavy (non-hydrogen) atoms. The summed E-state index contributed by atoms with van der Waals surface area (Å²) in [5.41, 5.74) is 0.378. The SMILES string of the molecule is Cc1noc(C)c1S(=O)(=O)N1CCC(CN2CC(C(=O)NCC3CC3)CC2=O)CC1. The Hall–Kier alpha value is -1.94. The smallest absolute Gasteiger partial charge is 0.248 e. The van der Waals surface area contributed by atoms with E-state index >= 15 is 0 Å². The Morgan fingerprint density at radius 3 is 2.47 bits per heavy atom. The predicted molar refractivity (Wildman–Crippen MR) is 108 cm³/mol. The van der Waals surface area contributed by atoms with Crippen molar-refractivity contribution in [2.75, 3.05) is 32.7 Å². The van der Waals surface area contributed by atoms with Gasteiger partial charge in [0.25, 0.3) is 0 Å². The Morgan fingerprint density at radius 2 is 1.87 bits per heavy atom. The number of hydrogen-bond donors (Lipinski definition) is 1. The second-order valence-electron chi connectivity index (χ2n) is 8.89. The Bertz CT molecular complexity index is 896. The zero-order valence-electron chi connectivity index (χ0n) is 17.6. The quantitative estimate of drug-likeness (QED) is 0.681. The van der Waals surface area contributed by atoms with Crippen LogP contribution in [0.3, 0.4) is 0 Å². The lowest BCUT2D eigenvalue weighted by Gasteiger charge is -2.33. The molecular formula is C20H30N4O5S. The van der Waals surface area contributed by atoms with E-state index in [4.69, 9.17) is 4.52 Å². The number of likely N-dealkylation sites (tertiary alicyclic amines) is 1. The van der Waals surface area contributed by atoms with Crippen molar-refractivity contribution in [1.82, 2.24) is 19.7 Å². The highest BCUT2D eigenvalue weighted by Gasteiger charge is 2.38. The number of aryl methyl sites for hydroxylation is 2. The third-order valence-electron chi connectivity index (χ3n) is 6.47. The van der Waals surface area contributed by atoms with E-state index < -0.39 is 10.0 Å². The van der Waals surface area contributed by atoms with Crippen LogP contribution in [0.25, 0.3) is 0 Å². The van der Waals surface area contributed by atoms with Crippen molar-refractivity contribution in [2.24, 2.45) is 17.8 Å². The number of hydrogen-bond acceptors (Lipinski definition) is 6. The monoisotopic (exact) mass is 438 g/mol. The molecule has 10 heteroatoms. The molecule has 3 heterocycles. The van der Waals surface area contributed by atoms with Crippen LogP contribution in [0.4, 0.5) is 0 Å². The molecule has 1 unspecified atom stereocenters. The van der Waals surface area contributed by atoms with Crippen LogP contribution in [0.15, 0.2) is 9.42 Å². The number of nitrogens with zero attached hydrogens (tertiary/aromatic N) is 3. The van der Waals surface area contributed by atoms with E-state index in [2.05, 4.69) is 10.5 Å². The Kier molecular flexibility index (Phi) is 5.89. The molecule has 1 N–H and O–H groups in total. The molecule has 1 aromatic heterocycles. The second-order valence-corrected chi connectivity index (χ2v) is 10.8. The van der Waals surface area contributed by atoms with E-state index in [9.17, 15) is 18.0 Å². The molecule has 0 bridgehead atoms. The van der Waals surface area contributed by atoms with Crippen molar-refractivity contribution < 1.29 is 22.5 Å². The van der Waals surface area contributed by atoms with Crippen LogP contribution in [-0.2, 0) is 19.6 Å². The van der Waals surface area contributed by atoms with Crippen molar-refractivity contribution in [2.45, 2.75) is 50.8 Å². The molecule has 9 nitrogen and oxygen atoms in total. The van der Waals surface area contributed by atoms with Crippen LogP contribution in [0.5, 0.6) is 0 Å². The summed E-state index contributed by atoms with van der Waals surface area (Å²) in [6.45, 7) is 5.83. The van der Waals surface area contributed by atoms with E-state index in [1.165, 1.54) is 17.1 Å². The van der Waals surface area contributed by atoms with Crippen molar-refractivity contribution in [3.63, 3.8) is 0 Å². The third kappa shape index (κ3) is 4.39. The van der Waals surface area contributed by atoms with Gasteiger partial charge in [-0.15, -0.1) is 0 Å². The van der Waals surface area contributed by atoms with E-state index in [-0.39, 0.29) is 35.0 Å². The van der Waals surface area contributed by atoms with Crippen LogP contribution in [0.1, 0.15) is 43.6 Å². The number of carbonyl (C=O) groups excluding carboxylic acids is 2. The molecule has 1 atom stereocenters. The first-order valence-electron chi connectivity index (χ1n) is 10.7. The number of amides is 2. The van der Waals surface area contributed by atoms with Gasteiger partial charge in [0.05, 0.1) is 5.92 Å². The fraction of sp³-hybridized carbons (Fsp3) is 0.750. The average molecular weight is 439 g/mol. The number of rotatable bonds is 7. The lowest BCUT2D eigenvalue weighted by atomic mass is 9.97. The van der Waals surface area contributed by atoms with Crippen LogP contribution in [0, 0.1) is 31.6 Å². The molecule has 4 rings (SSSR count). The molecule has 0 aromatic carbocycles. The summed E-state index contributed by atoms with van der Waals surface area (Å²) in [5.74, 6) is 0.900. The Labute approximate surface area is 177 Å². The molecule has 0 spiro atoms. The van der Waals surface area contributed by atoms with Gasteiger partial charge in [-0.05, 0) is 51.4 Å². The fourth-order valence-corrected chi connectivity index (χ4v) is 6.21. The largest absolute Gasteiger partial charge is 0.360 e. The van der Waals surface area contributed by atoms with E-state index in [0.717, 1.165) is 6.54 Å². The summed E-state index contributed by atoms with van der Waals surface area (Å²) < 4.78 is 32.4. The lowest BCUT2D eigenvalue weighted by Crippen LogP contribution is -2.42. The van der Waals surface area contributed by atoms with Gasteiger partial charge in [0, 0.05) is 39.1 Å². The van der Waals surface area contributed by atoms with E-state index in [1.54, 1.807) is 18.7 Å². The lowest BCUT2D eigenvalue weighted by molar-refractivity contribution is -0.129. The number of piperidine rings is 1. The maximum Gasteiger partial charge on any atom is 0.248 e. The maximum atomic E-state index is 12.9. The van der Waals surface area contributed by atoms with Gasteiger partial charge in [0.1, 0.15) is 10.6 Å². The highest BCUT2D eigenvalue weighted by molar-refractivity contribution is 7.89. The zero-order chi connectivity index (χ0) is 21.5. The number of carbonyl (C=O) groups is 2. The second kappa shape index (κ2) is 8.30. The van der Waals surface area contributed by atoms with Gasteiger partial charge < -0.3 is 14.7 Å². The molecule has 2 aliphatic heterocycles. The summed E-state index contributed by atoms with van der Waals surface area (Å²) in [4.78, 5) is 26.6. The summed E-state index contributed by atoms with van der Waals surface area (Å²) in [7, 11) is -3.63. The van der Waals surface area contributed by atoms with Crippen molar-refractivity contribution in [3.05, 3.63) is 11.5 Å². The van der Waals surface area contributed by atoms with Crippen LogP contribution in [0.2, 0.25) is 0 Å². The van der Waals surface area contributed by atoms with Gasteiger partial charge in [0.2, 0.25) is 21.8 Å². The highest BCUT2D eigenvalue weighted by atomic mass is 32.2. The molecule has 2 saturated heterocycles. The molecule has 3 aliphatic rings. The number of aromatic nitrogens is 1. The number of nitrogens with one attached hydrogen (secondary N) is 1. The minimum absolute atomic E-state index is 0.0156. The van der Waals surface area contributed by atoms with Gasteiger partial charge in [-0.2, -0.15) is 4.31 Å². The minimum Gasteiger partial charge on any atom is -0.360 e. The molecule has 1 aromatic rings. The molecule has 1 saturated carbocycles. The Balaban J connectivity index is 1.28. The summed E-state index contributed by atoms with van der Waals surface area (Å²) in [6, 6.07) is 0. The molecule has 2 amide bonds. The zero-order valence-corrected chi connectivity index (χ0v) is 18.4. The van der Waals surface area contributed by atoms with E-state index in [0.29, 0.717) is 56.4 Å². The molecule has 3 fully saturated rings. The van der Waals surface area contributed by atoms with Crippen molar-refractivity contribution in [1.29, 1.82) is 0 Å². The van der Waals surface area contributed by atoms with Gasteiger partial charge in [-0.1, -0.05) is 5.16 Å². The molecule has 0 radical (unpaired) electrons. The number of sulfonamides is 1. The standard InChI is InChI=1S/C20H30N4O5S/c1-13-19(14(2)29-22-13)30(27,28)24-7-5-16(6-8-24)11-23-12-17(9-18(23)25)20(26)21-10-15-3-4-15/h15-17H,3-12H2,1-2H3,(H,21,26). The first-order valence-corrected chi connectivity index (χ1v) is 12.2. The first kappa shape index (κ1) is 21.3. The van der Waals surface area contributed by atoms with Gasteiger partial charge in [-0.3, -0.25) is 9.59 Å². The topological polar surface area (TPSA) is 113 Å². The minimum atomic E-state index is -3.63. The van der Waals surface area contributed by atoms with Crippen LogP contribution < -0.4 is 5.32 Å². The summed E-state index contributed by atoms with van der Waals surface area (Å²) in [5, 5.41) is 6.73.